The Kier molecular flexibility index (Phi) is 6.40. The van der Waals surface area contributed by atoms with Gasteiger partial charge in [-0.05, 0) is 47.8 Å². The second-order valence-corrected chi connectivity index (χ2v) is 9.59. The molecular formula is C20H31IO2. The van der Waals surface area contributed by atoms with Gasteiger partial charge in [-0.1, -0.05) is 75.8 Å². The van der Waals surface area contributed by atoms with E-state index in [2.05, 4.69) is 81.5 Å². The molecule has 3 heteroatoms. The van der Waals surface area contributed by atoms with Crippen LogP contribution in [0.15, 0.2) is 24.3 Å². The zero-order valence-electron chi connectivity index (χ0n) is 15.2. The van der Waals surface area contributed by atoms with Crippen LogP contribution in [-0.2, 0) is 4.74 Å². The Labute approximate surface area is 155 Å². The predicted molar refractivity (Wildman–Crippen MR) is 105 cm³/mol. The van der Waals surface area contributed by atoms with Crippen LogP contribution < -0.4 is 4.74 Å². The minimum Gasteiger partial charge on any atom is -0.468 e. The molecule has 1 aliphatic carbocycles. The van der Waals surface area contributed by atoms with Gasteiger partial charge in [0.15, 0.2) is 6.79 Å². The van der Waals surface area contributed by atoms with Crippen LogP contribution in [-0.4, -0.2) is 12.9 Å². The first-order chi connectivity index (χ1) is 10.8. The quantitative estimate of drug-likeness (QED) is 0.290. The largest absolute Gasteiger partial charge is 0.468 e. The molecule has 2 nitrogen and oxygen atoms in total. The van der Waals surface area contributed by atoms with E-state index in [1.54, 1.807) is 0 Å². The van der Waals surface area contributed by atoms with E-state index in [1.807, 2.05) is 0 Å². The van der Waals surface area contributed by atoms with Gasteiger partial charge in [0, 0.05) is 3.92 Å². The highest BCUT2D eigenvalue weighted by Gasteiger charge is 2.44. The van der Waals surface area contributed by atoms with Crippen molar-refractivity contribution in [1.29, 1.82) is 0 Å². The van der Waals surface area contributed by atoms with Crippen molar-refractivity contribution in [3.05, 3.63) is 29.8 Å². The van der Waals surface area contributed by atoms with Crippen LogP contribution in [0.2, 0.25) is 0 Å². The molecule has 0 spiro atoms. The van der Waals surface area contributed by atoms with Gasteiger partial charge in [0.25, 0.3) is 0 Å². The highest BCUT2D eigenvalue weighted by Crippen LogP contribution is 2.47. The zero-order chi connectivity index (χ0) is 17.1. The third-order valence-electron chi connectivity index (χ3n) is 5.12. The summed E-state index contributed by atoms with van der Waals surface area (Å²) in [7, 11) is 0. The van der Waals surface area contributed by atoms with Crippen molar-refractivity contribution in [2.75, 3.05) is 6.79 Å². The lowest BCUT2D eigenvalue weighted by Crippen LogP contribution is -2.47. The Morgan fingerprint density at radius 3 is 2.17 bits per heavy atom. The molecule has 1 fully saturated rings. The van der Waals surface area contributed by atoms with Crippen molar-refractivity contribution in [1.82, 2.24) is 0 Å². The topological polar surface area (TPSA) is 18.5 Å². The molecule has 0 bridgehead atoms. The molecular weight excluding hydrogens is 399 g/mol. The molecule has 1 aliphatic rings. The molecule has 1 atom stereocenters. The van der Waals surface area contributed by atoms with Crippen molar-refractivity contribution in [2.24, 2.45) is 10.8 Å². The fourth-order valence-electron chi connectivity index (χ4n) is 3.95. The monoisotopic (exact) mass is 430 g/mol. The maximum atomic E-state index is 6.19. The van der Waals surface area contributed by atoms with Crippen LogP contribution >= 0.6 is 22.6 Å². The summed E-state index contributed by atoms with van der Waals surface area (Å²) in [6.07, 6.45) is 5.13. The molecule has 0 radical (unpaired) electrons. The second-order valence-electron chi connectivity index (χ2n) is 8.08. The van der Waals surface area contributed by atoms with Crippen molar-refractivity contribution >= 4 is 22.6 Å². The van der Waals surface area contributed by atoms with Crippen LogP contribution in [0.5, 0.6) is 5.75 Å². The fourth-order valence-corrected chi connectivity index (χ4v) is 4.36. The standard InChI is InChI=1S/C20H31IO2/c1-6-17(21)15-8-10-16(11-9-15)22-14-23-18-19(2,3)12-7-13-20(18,4)5/h8-11,17-18H,6-7,12-14H2,1-5H3. The van der Waals surface area contributed by atoms with Gasteiger partial charge in [-0.15, -0.1) is 0 Å². The third-order valence-corrected chi connectivity index (χ3v) is 6.72. The molecule has 0 N–H and O–H groups in total. The summed E-state index contributed by atoms with van der Waals surface area (Å²) in [5.74, 6) is 0.889. The second kappa shape index (κ2) is 7.73. The van der Waals surface area contributed by atoms with Crippen LogP contribution in [0.25, 0.3) is 0 Å². The first-order valence-electron chi connectivity index (χ1n) is 8.75. The van der Waals surface area contributed by atoms with Crippen LogP contribution in [0.4, 0.5) is 0 Å². The maximum Gasteiger partial charge on any atom is 0.189 e. The number of hydrogen-bond acceptors (Lipinski definition) is 2. The SMILES string of the molecule is CCC(I)c1ccc(OCOC2C(C)(C)CCCC2(C)C)cc1. The molecule has 0 heterocycles. The summed E-state index contributed by atoms with van der Waals surface area (Å²) in [4.78, 5) is 0. The molecule has 1 unspecified atom stereocenters. The van der Waals surface area contributed by atoms with Crippen molar-refractivity contribution < 1.29 is 9.47 Å². The first kappa shape index (κ1) is 19.0. The van der Waals surface area contributed by atoms with Crippen molar-refractivity contribution in [3.63, 3.8) is 0 Å². The number of alkyl halides is 1. The average molecular weight is 430 g/mol. The van der Waals surface area contributed by atoms with Crippen LogP contribution in [0, 0.1) is 10.8 Å². The molecule has 0 aromatic heterocycles. The number of halogens is 1. The van der Waals surface area contributed by atoms with Gasteiger partial charge in [0.1, 0.15) is 5.75 Å². The minimum absolute atomic E-state index is 0.213. The van der Waals surface area contributed by atoms with Crippen molar-refractivity contribution in [3.8, 4) is 5.75 Å². The molecule has 0 saturated heterocycles. The number of hydrogen-bond donors (Lipinski definition) is 0. The summed E-state index contributed by atoms with van der Waals surface area (Å²) in [5, 5.41) is 0. The van der Waals surface area contributed by atoms with E-state index in [-0.39, 0.29) is 16.9 Å². The van der Waals surface area contributed by atoms with Gasteiger partial charge in [-0.25, -0.2) is 0 Å². The number of ether oxygens (including phenoxy) is 2. The van der Waals surface area contributed by atoms with E-state index in [4.69, 9.17) is 9.47 Å². The summed E-state index contributed by atoms with van der Waals surface area (Å²) in [5.41, 5.74) is 1.78. The van der Waals surface area contributed by atoms with E-state index < -0.39 is 0 Å². The summed E-state index contributed by atoms with van der Waals surface area (Å²) < 4.78 is 12.6. The molecule has 1 aromatic rings. The number of rotatable bonds is 6. The van der Waals surface area contributed by atoms with E-state index in [0.717, 1.165) is 12.2 Å². The Hall–Kier alpha value is -0.290. The Balaban J connectivity index is 1.91. The van der Waals surface area contributed by atoms with Crippen LogP contribution in [0.1, 0.15) is 69.8 Å². The Morgan fingerprint density at radius 1 is 1.09 bits per heavy atom. The van der Waals surface area contributed by atoms with Crippen LogP contribution in [0.3, 0.4) is 0 Å². The Morgan fingerprint density at radius 2 is 1.65 bits per heavy atom. The molecule has 130 valence electrons. The third kappa shape index (κ3) is 4.85. The molecule has 2 rings (SSSR count). The van der Waals surface area contributed by atoms with Gasteiger partial charge in [0.05, 0.1) is 6.10 Å². The zero-order valence-corrected chi connectivity index (χ0v) is 17.4. The fraction of sp³-hybridized carbons (Fsp3) is 0.700. The summed E-state index contributed by atoms with van der Waals surface area (Å²) in [6.45, 7) is 11.8. The predicted octanol–water partition coefficient (Wildman–Crippen LogP) is 6.53. The lowest BCUT2D eigenvalue weighted by atomic mass is 9.63. The number of benzene rings is 1. The van der Waals surface area contributed by atoms with E-state index in [0.29, 0.717) is 10.7 Å². The van der Waals surface area contributed by atoms with Gasteiger partial charge in [0.2, 0.25) is 0 Å². The lowest BCUT2D eigenvalue weighted by Gasteiger charge is -2.48. The smallest absolute Gasteiger partial charge is 0.189 e. The summed E-state index contributed by atoms with van der Waals surface area (Å²) in [6, 6.07) is 8.42. The molecule has 0 aliphatic heterocycles. The highest BCUT2D eigenvalue weighted by atomic mass is 127. The van der Waals surface area contributed by atoms with Gasteiger partial charge < -0.3 is 9.47 Å². The van der Waals surface area contributed by atoms with Gasteiger partial charge in [-0.3, -0.25) is 0 Å². The molecule has 0 amide bonds. The molecule has 23 heavy (non-hydrogen) atoms. The first-order valence-corrected chi connectivity index (χ1v) is 9.99. The molecule has 1 saturated carbocycles. The normalized spacial score (nSPS) is 21.8. The van der Waals surface area contributed by atoms with Gasteiger partial charge in [-0.2, -0.15) is 0 Å². The lowest BCUT2D eigenvalue weighted by molar-refractivity contribution is -0.155. The average Bonchev–Trinajstić information content (AvgIpc) is 2.49. The van der Waals surface area contributed by atoms with E-state index in [9.17, 15) is 0 Å². The minimum atomic E-state index is 0.213. The van der Waals surface area contributed by atoms with Gasteiger partial charge >= 0.3 is 0 Å². The Bertz CT molecular complexity index is 477. The van der Waals surface area contributed by atoms with Crippen molar-refractivity contribution in [2.45, 2.75) is 70.3 Å². The highest BCUT2D eigenvalue weighted by molar-refractivity contribution is 14.1. The summed E-state index contributed by atoms with van der Waals surface area (Å²) >= 11 is 2.48. The maximum absolute atomic E-state index is 6.19. The van der Waals surface area contributed by atoms with E-state index >= 15 is 0 Å². The van der Waals surface area contributed by atoms with E-state index in [1.165, 1.54) is 24.8 Å². The molecule has 1 aromatic carbocycles.